The average Bonchev–Trinajstić information content (AvgIpc) is 2.42. The van der Waals surface area contributed by atoms with Crippen LogP contribution < -0.4 is 5.32 Å². The topological polar surface area (TPSA) is 24.5 Å². The predicted molar refractivity (Wildman–Crippen MR) is 80.1 cm³/mol. The molecule has 1 heterocycles. The molecule has 0 saturated carbocycles. The first-order chi connectivity index (χ1) is 9.13. The SMILES string of the molecule is CNCC1CN(C(C)c2cccc(Cl)c2Cl)CCO1. The monoisotopic (exact) mass is 302 g/mol. The molecule has 1 aliphatic rings. The number of hydrogen-bond donors (Lipinski definition) is 1. The molecule has 106 valence electrons. The van der Waals surface area contributed by atoms with Crippen molar-refractivity contribution in [2.45, 2.75) is 19.1 Å². The van der Waals surface area contributed by atoms with Crippen molar-refractivity contribution in [3.63, 3.8) is 0 Å². The van der Waals surface area contributed by atoms with Crippen molar-refractivity contribution in [3.8, 4) is 0 Å². The highest BCUT2D eigenvalue weighted by Crippen LogP contribution is 2.33. The van der Waals surface area contributed by atoms with Crippen molar-refractivity contribution in [1.29, 1.82) is 0 Å². The highest BCUT2D eigenvalue weighted by molar-refractivity contribution is 6.42. The first-order valence-electron chi connectivity index (χ1n) is 6.57. The maximum absolute atomic E-state index is 6.30. The molecule has 19 heavy (non-hydrogen) atoms. The summed E-state index contributed by atoms with van der Waals surface area (Å²) in [5.41, 5.74) is 1.08. The van der Waals surface area contributed by atoms with Gasteiger partial charge < -0.3 is 10.1 Å². The van der Waals surface area contributed by atoms with Gasteiger partial charge in [-0.3, -0.25) is 4.90 Å². The quantitative estimate of drug-likeness (QED) is 0.925. The summed E-state index contributed by atoms with van der Waals surface area (Å²) >= 11 is 12.4. The van der Waals surface area contributed by atoms with Crippen LogP contribution in [0.4, 0.5) is 0 Å². The summed E-state index contributed by atoms with van der Waals surface area (Å²) in [5, 5.41) is 4.44. The Hall–Kier alpha value is -0.320. The smallest absolute Gasteiger partial charge is 0.0826 e. The van der Waals surface area contributed by atoms with Crippen LogP contribution >= 0.6 is 23.2 Å². The minimum Gasteiger partial charge on any atom is -0.374 e. The highest BCUT2D eigenvalue weighted by atomic mass is 35.5. The summed E-state index contributed by atoms with van der Waals surface area (Å²) in [4.78, 5) is 2.39. The molecular formula is C14H20Cl2N2O. The lowest BCUT2D eigenvalue weighted by atomic mass is 10.1. The molecule has 1 fully saturated rings. The van der Waals surface area contributed by atoms with Crippen LogP contribution in [-0.2, 0) is 4.74 Å². The Balaban J connectivity index is 2.10. The van der Waals surface area contributed by atoms with Gasteiger partial charge in [0.05, 0.1) is 22.8 Å². The van der Waals surface area contributed by atoms with Gasteiger partial charge in [-0.05, 0) is 25.6 Å². The van der Waals surface area contributed by atoms with E-state index in [-0.39, 0.29) is 12.1 Å². The molecule has 5 heteroatoms. The Morgan fingerprint density at radius 1 is 1.47 bits per heavy atom. The normalized spacial score (nSPS) is 22.4. The van der Waals surface area contributed by atoms with Crippen molar-refractivity contribution >= 4 is 23.2 Å². The Morgan fingerprint density at radius 2 is 2.26 bits per heavy atom. The number of rotatable bonds is 4. The molecule has 1 aromatic carbocycles. The fourth-order valence-corrected chi connectivity index (χ4v) is 2.95. The summed E-state index contributed by atoms with van der Waals surface area (Å²) in [6, 6.07) is 6.06. The molecule has 2 atom stereocenters. The molecule has 3 nitrogen and oxygen atoms in total. The molecule has 1 aliphatic heterocycles. The summed E-state index contributed by atoms with van der Waals surface area (Å²) in [6.45, 7) is 5.62. The van der Waals surface area contributed by atoms with Gasteiger partial charge in [-0.25, -0.2) is 0 Å². The lowest BCUT2D eigenvalue weighted by molar-refractivity contribution is -0.0393. The van der Waals surface area contributed by atoms with E-state index in [2.05, 4.69) is 17.1 Å². The third-order valence-electron chi connectivity index (χ3n) is 3.58. The van der Waals surface area contributed by atoms with Gasteiger partial charge >= 0.3 is 0 Å². The fourth-order valence-electron chi connectivity index (χ4n) is 2.48. The molecular weight excluding hydrogens is 283 g/mol. The zero-order valence-corrected chi connectivity index (χ0v) is 12.8. The Morgan fingerprint density at radius 3 is 3.00 bits per heavy atom. The molecule has 2 rings (SSSR count). The molecule has 2 unspecified atom stereocenters. The van der Waals surface area contributed by atoms with Crippen molar-refractivity contribution in [2.24, 2.45) is 0 Å². The van der Waals surface area contributed by atoms with Crippen LogP contribution in [0.15, 0.2) is 18.2 Å². The van der Waals surface area contributed by atoms with Crippen LogP contribution in [0.25, 0.3) is 0 Å². The van der Waals surface area contributed by atoms with E-state index in [1.165, 1.54) is 0 Å². The van der Waals surface area contributed by atoms with Crippen molar-refractivity contribution in [3.05, 3.63) is 33.8 Å². The lowest BCUT2D eigenvalue weighted by Crippen LogP contribution is -2.47. The number of hydrogen-bond acceptors (Lipinski definition) is 3. The second-order valence-corrected chi connectivity index (χ2v) is 5.65. The van der Waals surface area contributed by atoms with Crippen molar-refractivity contribution < 1.29 is 4.74 Å². The van der Waals surface area contributed by atoms with Crippen LogP contribution in [0.3, 0.4) is 0 Å². The summed E-state index contributed by atoms with van der Waals surface area (Å²) < 4.78 is 5.73. The molecule has 0 aromatic heterocycles. The summed E-state index contributed by atoms with van der Waals surface area (Å²) in [7, 11) is 1.94. The van der Waals surface area contributed by atoms with E-state index in [0.29, 0.717) is 10.0 Å². The van der Waals surface area contributed by atoms with E-state index in [1.54, 1.807) is 0 Å². The molecule has 1 aromatic rings. The third-order valence-corrected chi connectivity index (χ3v) is 4.41. The Labute approximate surface area is 124 Å². The minimum atomic E-state index is 0.235. The summed E-state index contributed by atoms with van der Waals surface area (Å²) in [6.07, 6.45) is 0.235. The third kappa shape index (κ3) is 3.61. The van der Waals surface area contributed by atoms with Gasteiger partial charge in [-0.1, -0.05) is 35.3 Å². The van der Waals surface area contributed by atoms with E-state index < -0.39 is 0 Å². The second kappa shape index (κ2) is 6.91. The van der Waals surface area contributed by atoms with Crippen molar-refractivity contribution in [2.75, 3.05) is 33.3 Å². The molecule has 1 N–H and O–H groups in total. The van der Waals surface area contributed by atoms with Crippen LogP contribution in [0.1, 0.15) is 18.5 Å². The van der Waals surface area contributed by atoms with Gasteiger partial charge in [0.15, 0.2) is 0 Å². The maximum atomic E-state index is 6.30. The van der Waals surface area contributed by atoms with Gasteiger partial charge in [-0.2, -0.15) is 0 Å². The number of nitrogens with one attached hydrogen (secondary N) is 1. The van der Waals surface area contributed by atoms with E-state index in [0.717, 1.165) is 31.8 Å². The Bertz CT molecular complexity index is 426. The number of ether oxygens (including phenoxy) is 1. The molecule has 1 saturated heterocycles. The number of benzene rings is 1. The highest BCUT2D eigenvalue weighted by Gasteiger charge is 2.25. The van der Waals surface area contributed by atoms with Crippen LogP contribution in [-0.4, -0.2) is 44.3 Å². The van der Waals surface area contributed by atoms with Crippen LogP contribution in [0.5, 0.6) is 0 Å². The molecule has 0 aliphatic carbocycles. The summed E-state index contributed by atoms with van der Waals surface area (Å²) in [5.74, 6) is 0. The fraction of sp³-hybridized carbons (Fsp3) is 0.571. The van der Waals surface area contributed by atoms with E-state index in [9.17, 15) is 0 Å². The number of nitrogens with zero attached hydrogens (tertiary/aromatic N) is 1. The first-order valence-corrected chi connectivity index (χ1v) is 7.33. The van der Waals surface area contributed by atoms with E-state index in [1.807, 2.05) is 25.2 Å². The number of halogens is 2. The zero-order chi connectivity index (χ0) is 13.8. The lowest BCUT2D eigenvalue weighted by Gasteiger charge is -2.37. The van der Waals surface area contributed by atoms with E-state index in [4.69, 9.17) is 27.9 Å². The van der Waals surface area contributed by atoms with Gasteiger partial charge in [-0.15, -0.1) is 0 Å². The minimum absolute atomic E-state index is 0.235. The average molecular weight is 303 g/mol. The number of likely N-dealkylation sites (N-methyl/N-ethyl adjacent to an activating group) is 1. The molecule has 0 bridgehead atoms. The van der Waals surface area contributed by atoms with Gasteiger partial charge in [0.25, 0.3) is 0 Å². The van der Waals surface area contributed by atoms with Crippen LogP contribution in [0, 0.1) is 0 Å². The number of morpholine rings is 1. The van der Waals surface area contributed by atoms with Crippen LogP contribution in [0.2, 0.25) is 10.0 Å². The standard InChI is InChI=1S/C14H20Cl2N2O/c1-10(12-4-3-5-13(15)14(12)16)18-6-7-19-11(9-18)8-17-2/h3-5,10-11,17H,6-9H2,1-2H3. The maximum Gasteiger partial charge on any atom is 0.0826 e. The largest absolute Gasteiger partial charge is 0.374 e. The zero-order valence-electron chi connectivity index (χ0n) is 11.3. The Kier molecular flexibility index (Phi) is 5.48. The molecule has 0 amide bonds. The molecule has 0 radical (unpaired) electrons. The predicted octanol–water partition coefficient (Wildman–Crippen LogP) is 2.97. The van der Waals surface area contributed by atoms with Gasteiger partial charge in [0.1, 0.15) is 0 Å². The van der Waals surface area contributed by atoms with E-state index >= 15 is 0 Å². The van der Waals surface area contributed by atoms with Crippen molar-refractivity contribution in [1.82, 2.24) is 10.2 Å². The van der Waals surface area contributed by atoms with Gasteiger partial charge in [0.2, 0.25) is 0 Å². The molecule has 0 spiro atoms. The van der Waals surface area contributed by atoms with Gasteiger partial charge in [0, 0.05) is 25.7 Å². The first kappa shape index (κ1) is 15.1. The second-order valence-electron chi connectivity index (χ2n) is 4.86.